The average molecular weight is 394 g/mol. The molecule has 0 bridgehead atoms. The minimum absolute atomic E-state index is 0.0799. The summed E-state index contributed by atoms with van der Waals surface area (Å²) in [7, 11) is 3.87. The highest BCUT2D eigenvalue weighted by Gasteiger charge is 2.25. The van der Waals surface area contributed by atoms with Crippen molar-refractivity contribution in [3.63, 3.8) is 0 Å². The molecule has 1 aromatic rings. The quantitative estimate of drug-likeness (QED) is 0.333. The van der Waals surface area contributed by atoms with Gasteiger partial charge in [0.25, 0.3) is 5.78 Å². The van der Waals surface area contributed by atoms with Gasteiger partial charge in [0.2, 0.25) is 0 Å². The summed E-state index contributed by atoms with van der Waals surface area (Å²) in [5.74, 6) is 5.91. The third-order valence-electron chi connectivity index (χ3n) is 4.48. The molecule has 0 radical (unpaired) electrons. The van der Waals surface area contributed by atoms with Crippen molar-refractivity contribution in [1.29, 1.82) is 0 Å². The van der Waals surface area contributed by atoms with Gasteiger partial charge in [0.1, 0.15) is 6.61 Å². The third kappa shape index (κ3) is 7.04. The fourth-order valence-corrected chi connectivity index (χ4v) is 2.81. The number of hydrogen-bond acceptors (Lipinski definition) is 4. The Morgan fingerprint density at radius 1 is 1.21 bits per heavy atom. The third-order valence-corrected chi connectivity index (χ3v) is 4.48. The van der Waals surface area contributed by atoms with Crippen molar-refractivity contribution in [2.24, 2.45) is 0 Å². The first kappa shape index (κ1) is 22.1. The summed E-state index contributed by atoms with van der Waals surface area (Å²) in [4.78, 5) is 28.8. The van der Waals surface area contributed by atoms with Crippen LogP contribution < -0.4 is 5.32 Å². The maximum absolute atomic E-state index is 12.2. The highest BCUT2D eigenvalue weighted by atomic mass is 16.5. The Morgan fingerprint density at radius 3 is 2.59 bits per heavy atom. The fourth-order valence-electron chi connectivity index (χ4n) is 2.81. The zero-order chi connectivity index (χ0) is 21.2. The fraction of sp³-hybridized carbons (Fsp3) is 0.409. The number of alkyl carbamates (subject to hydrolysis) is 1. The summed E-state index contributed by atoms with van der Waals surface area (Å²) < 4.78 is 5.18. The lowest BCUT2D eigenvalue weighted by molar-refractivity contribution is -0.114. The summed E-state index contributed by atoms with van der Waals surface area (Å²) >= 11 is 0. The molecule has 0 aliphatic heterocycles. The van der Waals surface area contributed by atoms with Crippen LogP contribution in [0.25, 0.3) is 5.53 Å². The van der Waals surface area contributed by atoms with Crippen LogP contribution in [-0.4, -0.2) is 54.5 Å². The molecule has 152 valence electrons. The van der Waals surface area contributed by atoms with Crippen molar-refractivity contribution in [1.82, 2.24) is 10.2 Å². The number of carbonyl (C=O) groups is 2. The maximum atomic E-state index is 12.2. The Balaban J connectivity index is 1.94. The van der Waals surface area contributed by atoms with E-state index in [4.69, 9.17) is 10.3 Å². The number of likely N-dealkylation sites (N-methyl/N-ethyl adjacent to an activating group) is 1. The van der Waals surface area contributed by atoms with Gasteiger partial charge in [-0.25, -0.2) is 4.79 Å². The second-order valence-electron chi connectivity index (χ2n) is 7.08. The number of ether oxygens (including phenoxy) is 1. The number of nitrogens with zero attached hydrogens (tertiary/aromatic N) is 3. The lowest BCUT2D eigenvalue weighted by Crippen LogP contribution is -2.31. The topological polar surface area (TPSA) is 95.0 Å². The van der Waals surface area contributed by atoms with E-state index in [-0.39, 0.29) is 18.1 Å². The minimum Gasteiger partial charge on any atom is -0.445 e. The molecule has 0 heterocycles. The van der Waals surface area contributed by atoms with Crippen molar-refractivity contribution >= 4 is 17.6 Å². The molecule has 0 atom stereocenters. The van der Waals surface area contributed by atoms with Gasteiger partial charge >= 0.3 is 11.8 Å². The van der Waals surface area contributed by atoms with Crippen LogP contribution >= 0.6 is 0 Å². The molecule has 0 fully saturated rings. The maximum Gasteiger partial charge on any atom is 0.407 e. The van der Waals surface area contributed by atoms with Gasteiger partial charge in [-0.1, -0.05) is 24.0 Å². The number of amides is 1. The standard InChI is InChI=1S/C22H26N4O3/c1-16(25-23)21(27)20-6-4-5-19(20)12-11-17-7-9-18(10-8-17)15-29-22(28)24-13-14-26(2)3/h7-10H,4-6,13-15H2,1-3H3,(H,24,28). The number of allylic oxidation sites excluding steroid dienone is 2. The molecule has 0 spiro atoms. The number of Topliss-reactive ketones (excluding diaryl/α,β-unsaturated/α-hetero) is 1. The van der Waals surface area contributed by atoms with Gasteiger partial charge in [-0.05, 0) is 51.1 Å². The summed E-state index contributed by atoms with van der Waals surface area (Å²) in [6.45, 7) is 2.95. The number of ketones is 1. The Labute approximate surface area is 171 Å². The zero-order valence-corrected chi connectivity index (χ0v) is 17.1. The molecule has 1 N–H and O–H groups in total. The van der Waals surface area contributed by atoms with E-state index in [1.165, 1.54) is 6.92 Å². The minimum atomic E-state index is -0.442. The largest absolute Gasteiger partial charge is 0.445 e. The molecule has 0 saturated carbocycles. The van der Waals surface area contributed by atoms with Crippen LogP contribution in [0.4, 0.5) is 4.79 Å². The Morgan fingerprint density at radius 2 is 1.93 bits per heavy atom. The first-order chi connectivity index (χ1) is 13.9. The monoisotopic (exact) mass is 394 g/mol. The van der Waals surface area contributed by atoms with Gasteiger partial charge in [-0.2, -0.15) is 4.79 Å². The van der Waals surface area contributed by atoms with Crippen molar-refractivity contribution < 1.29 is 19.1 Å². The van der Waals surface area contributed by atoms with Crippen LogP contribution in [0.15, 0.2) is 35.4 Å². The SMILES string of the molecule is CC(=[N+]=[N-])C(=O)C1=C(C#Cc2ccc(COC(=O)NCCN(C)C)cc2)CCC1. The van der Waals surface area contributed by atoms with Gasteiger partial charge in [-0.3, -0.25) is 4.79 Å². The molecule has 0 unspecified atom stereocenters. The summed E-state index contributed by atoms with van der Waals surface area (Å²) in [5, 5.41) is 2.69. The van der Waals surface area contributed by atoms with Crippen molar-refractivity contribution in [2.45, 2.75) is 32.8 Å². The van der Waals surface area contributed by atoms with Crippen LogP contribution in [0.3, 0.4) is 0 Å². The Bertz CT molecular complexity index is 898. The van der Waals surface area contributed by atoms with Crippen LogP contribution in [0.2, 0.25) is 0 Å². The average Bonchev–Trinajstić information content (AvgIpc) is 3.18. The molecule has 1 aromatic carbocycles. The van der Waals surface area contributed by atoms with Crippen LogP contribution in [0, 0.1) is 11.8 Å². The van der Waals surface area contributed by atoms with E-state index < -0.39 is 6.09 Å². The van der Waals surface area contributed by atoms with Gasteiger partial charge in [0.05, 0.1) is 0 Å². The lowest BCUT2D eigenvalue weighted by Gasteiger charge is -2.10. The number of benzene rings is 1. The van der Waals surface area contributed by atoms with Gasteiger partial charge in [0.15, 0.2) is 0 Å². The number of carbonyl (C=O) groups excluding carboxylic acids is 2. The van der Waals surface area contributed by atoms with Gasteiger partial charge < -0.3 is 20.5 Å². The van der Waals surface area contributed by atoms with Crippen molar-refractivity contribution in [3.8, 4) is 11.8 Å². The molecule has 1 aliphatic carbocycles. The normalized spacial score (nSPS) is 12.8. The van der Waals surface area contributed by atoms with Crippen LogP contribution in [0.5, 0.6) is 0 Å². The molecule has 7 heteroatoms. The number of nitrogens with one attached hydrogen (secondary N) is 1. The first-order valence-electron chi connectivity index (χ1n) is 9.52. The van der Waals surface area contributed by atoms with E-state index in [9.17, 15) is 9.59 Å². The first-order valence-corrected chi connectivity index (χ1v) is 9.52. The van der Waals surface area contributed by atoms with Gasteiger partial charge in [0, 0.05) is 36.7 Å². The van der Waals surface area contributed by atoms with E-state index >= 15 is 0 Å². The molecule has 0 aromatic heterocycles. The predicted octanol–water partition coefficient (Wildman–Crippen LogP) is 2.57. The van der Waals surface area contributed by atoms with Crippen molar-refractivity contribution in [3.05, 3.63) is 52.1 Å². The van der Waals surface area contributed by atoms with E-state index in [2.05, 4.69) is 21.9 Å². The summed E-state index contributed by atoms with van der Waals surface area (Å²) in [6.07, 6.45) is 1.84. The second kappa shape index (κ2) is 11.0. The van der Waals surface area contributed by atoms with Crippen molar-refractivity contribution in [2.75, 3.05) is 27.2 Å². The molecule has 7 nitrogen and oxygen atoms in total. The Hall–Kier alpha value is -3.20. The zero-order valence-electron chi connectivity index (χ0n) is 17.1. The predicted molar refractivity (Wildman–Crippen MR) is 110 cm³/mol. The molecular weight excluding hydrogens is 368 g/mol. The lowest BCUT2D eigenvalue weighted by atomic mass is 10.0. The molecule has 0 saturated heterocycles. The molecule has 1 amide bonds. The molecule has 1 aliphatic rings. The van der Waals surface area contributed by atoms with E-state index in [1.54, 1.807) is 0 Å². The molecule has 2 rings (SSSR count). The molecular formula is C22H26N4O3. The smallest absolute Gasteiger partial charge is 0.407 e. The highest BCUT2D eigenvalue weighted by Crippen LogP contribution is 2.26. The van der Waals surface area contributed by atoms with Gasteiger partial charge in [-0.15, -0.1) is 0 Å². The second-order valence-corrected chi connectivity index (χ2v) is 7.08. The van der Waals surface area contributed by atoms with E-state index in [1.807, 2.05) is 43.3 Å². The molecule has 29 heavy (non-hydrogen) atoms. The van der Waals surface area contributed by atoms with E-state index in [0.717, 1.165) is 36.1 Å². The number of hydrogen-bond donors (Lipinski definition) is 1. The highest BCUT2D eigenvalue weighted by molar-refractivity contribution is 6.43. The summed E-state index contributed by atoms with van der Waals surface area (Å²) in [5.41, 5.74) is 12.0. The van der Waals surface area contributed by atoms with E-state index in [0.29, 0.717) is 18.5 Å². The number of rotatable bonds is 7. The van der Waals surface area contributed by atoms with Crippen LogP contribution in [-0.2, 0) is 16.1 Å². The van der Waals surface area contributed by atoms with Crippen LogP contribution in [0.1, 0.15) is 37.3 Å². The Kier molecular flexibility index (Phi) is 8.35. The summed E-state index contributed by atoms with van der Waals surface area (Å²) in [6, 6.07) is 7.42.